The Morgan fingerprint density at radius 3 is 2.90 bits per heavy atom. The molecule has 7 nitrogen and oxygen atoms in total. The van der Waals surface area contributed by atoms with Crippen molar-refractivity contribution >= 4 is 17.0 Å². The molecule has 1 aromatic carbocycles. The maximum atomic E-state index is 5.71. The van der Waals surface area contributed by atoms with Crippen molar-refractivity contribution in [2.75, 3.05) is 12.3 Å². The van der Waals surface area contributed by atoms with Crippen LogP contribution in [0.5, 0.6) is 6.01 Å². The highest BCUT2D eigenvalue weighted by Crippen LogP contribution is 2.17. The number of nitrogens with two attached hydrogens (primary N) is 1. The van der Waals surface area contributed by atoms with Gasteiger partial charge >= 0.3 is 6.01 Å². The first-order valence-corrected chi connectivity index (χ1v) is 6.34. The number of nitrogens with zero attached hydrogens (tertiary/aromatic N) is 5. The summed E-state index contributed by atoms with van der Waals surface area (Å²) >= 11 is 0. The smallest absolute Gasteiger partial charge is 0.323 e. The van der Waals surface area contributed by atoms with Crippen molar-refractivity contribution in [2.45, 2.75) is 13.3 Å². The van der Waals surface area contributed by atoms with E-state index in [9.17, 15) is 0 Å². The van der Waals surface area contributed by atoms with Gasteiger partial charge in [-0.1, -0.05) is 19.1 Å². The number of aromatic nitrogens is 5. The molecule has 0 amide bonds. The van der Waals surface area contributed by atoms with Gasteiger partial charge in [0.1, 0.15) is 6.33 Å². The molecule has 2 aromatic heterocycles. The Bertz CT molecular complexity index is 739. The molecular weight excluding hydrogens is 256 g/mol. The third-order valence-electron chi connectivity index (χ3n) is 2.72. The highest BCUT2D eigenvalue weighted by Gasteiger charge is 2.10. The van der Waals surface area contributed by atoms with Crippen LogP contribution in [-0.4, -0.2) is 31.1 Å². The number of anilines is 1. The first-order chi connectivity index (χ1) is 9.78. The summed E-state index contributed by atoms with van der Waals surface area (Å²) in [4.78, 5) is 16.7. The normalized spacial score (nSPS) is 10.8. The van der Waals surface area contributed by atoms with E-state index in [0.717, 1.165) is 17.5 Å². The average molecular weight is 270 g/mol. The van der Waals surface area contributed by atoms with Gasteiger partial charge in [-0.2, -0.15) is 15.0 Å². The standard InChI is InChI=1S/C13H14N6O/c1-2-7-20-13-17-11(14)16-12(18-13)19-8-15-9-5-3-4-6-10(9)19/h3-6,8H,2,7H2,1H3,(H2,14,16,17,18). The van der Waals surface area contributed by atoms with E-state index in [4.69, 9.17) is 10.5 Å². The summed E-state index contributed by atoms with van der Waals surface area (Å²) in [5.74, 6) is 0.524. The van der Waals surface area contributed by atoms with Crippen LogP contribution < -0.4 is 10.5 Å². The van der Waals surface area contributed by atoms with E-state index in [-0.39, 0.29) is 12.0 Å². The van der Waals surface area contributed by atoms with Crippen LogP contribution in [0.2, 0.25) is 0 Å². The van der Waals surface area contributed by atoms with Crippen molar-refractivity contribution in [1.29, 1.82) is 0 Å². The lowest BCUT2D eigenvalue weighted by molar-refractivity contribution is 0.291. The van der Waals surface area contributed by atoms with Gasteiger partial charge in [0, 0.05) is 0 Å². The average Bonchev–Trinajstić information content (AvgIpc) is 2.88. The molecular formula is C13H14N6O. The second kappa shape index (κ2) is 5.12. The van der Waals surface area contributed by atoms with Gasteiger partial charge in [0.15, 0.2) is 0 Å². The highest BCUT2D eigenvalue weighted by molar-refractivity contribution is 5.76. The minimum atomic E-state index is 0.124. The number of hydrogen-bond donors (Lipinski definition) is 1. The predicted molar refractivity (Wildman–Crippen MR) is 74.7 cm³/mol. The summed E-state index contributed by atoms with van der Waals surface area (Å²) in [7, 11) is 0. The first kappa shape index (κ1) is 12.3. The van der Waals surface area contributed by atoms with Crippen LogP contribution in [-0.2, 0) is 0 Å². The fourth-order valence-corrected chi connectivity index (χ4v) is 1.85. The quantitative estimate of drug-likeness (QED) is 0.773. The Labute approximate surface area is 115 Å². The van der Waals surface area contributed by atoms with E-state index in [0.29, 0.717) is 12.6 Å². The zero-order valence-electron chi connectivity index (χ0n) is 11.0. The number of fused-ring (bicyclic) bond motifs is 1. The maximum Gasteiger partial charge on any atom is 0.323 e. The Kier molecular flexibility index (Phi) is 3.16. The van der Waals surface area contributed by atoms with E-state index in [1.54, 1.807) is 10.9 Å². The Morgan fingerprint density at radius 1 is 1.20 bits per heavy atom. The van der Waals surface area contributed by atoms with Gasteiger partial charge in [0.05, 0.1) is 17.6 Å². The lowest BCUT2D eigenvalue weighted by atomic mass is 10.3. The molecule has 102 valence electrons. The van der Waals surface area contributed by atoms with Gasteiger partial charge in [-0.05, 0) is 18.6 Å². The van der Waals surface area contributed by atoms with Crippen LogP contribution in [0.15, 0.2) is 30.6 Å². The molecule has 20 heavy (non-hydrogen) atoms. The molecule has 0 aliphatic heterocycles. The highest BCUT2D eigenvalue weighted by atomic mass is 16.5. The third-order valence-corrected chi connectivity index (χ3v) is 2.72. The summed E-state index contributed by atoms with van der Waals surface area (Å²) in [5, 5.41) is 0. The van der Waals surface area contributed by atoms with Crippen LogP contribution in [0.4, 0.5) is 5.95 Å². The number of para-hydroxylation sites is 2. The van der Waals surface area contributed by atoms with Gasteiger partial charge in [0.25, 0.3) is 0 Å². The lowest BCUT2D eigenvalue weighted by Crippen LogP contribution is -2.09. The van der Waals surface area contributed by atoms with Crippen molar-refractivity contribution in [3.05, 3.63) is 30.6 Å². The van der Waals surface area contributed by atoms with Gasteiger partial charge in [0.2, 0.25) is 11.9 Å². The molecule has 0 saturated carbocycles. The molecule has 2 heterocycles. The number of imidazole rings is 1. The van der Waals surface area contributed by atoms with Crippen LogP contribution in [0.25, 0.3) is 17.0 Å². The van der Waals surface area contributed by atoms with E-state index < -0.39 is 0 Å². The molecule has 3 aromatic rings. The summed E-state index contributed by atoms with van der Waals surface area (Å²) < 4.78 is 7.17. The second-order valence-corrected chi connectivity index (χ2v) is 4.23. The third kappa shape index (κ3) is 2.25. The van der Waals surface area contributed by atoms with E-state index in [1.165, 1.54) is 0 Å². The van der Waals surface area contributed by atoms with Crippen LogP contribution in [0.3, 0.4) is 0 Å². The first-order valence-electron chi connectivity index (χ1n) is 6.34. The van der Waals surface area contributed by atoms with Crippen molar-refractivity contribution in [3.8, 4) is 12.0 Å². The molecule has 0 atom stereocenters. The molecule has 0 fully saturated rings. The molecule has 0 aliphatic rings. The molecule has 0 spiro atoms. The van der Waals surface area contributed by atoms with Gasteiger partial charge in [-0.3, -0.25) is 4.57 Å². The SMILES string of the molecule is CCCOc1nc(N)nc(-n2cnc3ccccc32)n1. The Morgan fingerprint density at radius 2 is 2.05 bits per heavy atom. The summed E-state index contributed by atoms with van der Waals surface area (Å²) in [6.45, 7) is 2.54. The zero-order valence-corrected chi connectivity index (χ0v) is 11.0. The predicted octanol–water partition coefficient (Wildman–Crippen LogP) is 1.58. The zero-order chi connectivity index (χ0) is 13.9. The largest absolute Gasteiger partial charge is 0.463 e. The minimum absolute atomic E-state index is 0.124. The topological polar surface area (TPSA) is 91.7 Å². The molecule has 7 heteroatoms. The van der Waals surface area contributed by atoms with E-state index in [1.807, 2.05) is 31.2 Å². The van der Waals surface area contributed by atoms with Crippen molar-refractivity contribution in [1.82, 2.24) is 24.5 Å². The lowest BCUT2D eigenvalue weighted by Gasteiger charge is -2.06. The fourth-order valence-electron chi connectivity index (χ4n) is 1.85. The summed E-state index contributed by atoms with van der Waals surface area (Å²) in [6, 6.07) is 7.95. The van der Waals surface area contributed by atoms with Gasteiger partial charge in [-0.15, -0.1) is 0 Å². The van der Waals surface area contributed by atoms with Gasteiger partial charge in [-0.25, -0.2) is 4.98 Å². The van der Waals surface area contributed by atoms with E-state index in [2.05, 4.69) is 19.9 Å². The molecule has 0 unspecified atom stereocenters. The molecule has 0 aliphatic carbocycles. The second-order valence-electron chi connectivity index (χ2n) is 4.23. The van der Waals surface area contributed by atoms with E-state index >= 15 is 0 Å². The number of benzene rings is 1. The summed E-state index contributed by atoms with van der Waals surface area (Å²) in [6.07, 6.45) is 2.53. The maximum absolute atomic E-state index is 5.71. The van der Waals surface area contributed by atoms with Gasteiger partial charge < -0.3 is 10.5 Å². The molecule has 3 rings (SSSR count). The molecule has 0 bridgehead atoms. The fraction of sp³-hybridized carbons (Fsp3) is 0.231. The van der Waals surface area contributed by atoms with Crippen molar-refractivity contribution in [3.63, 3.8) is 0 Å². The Balaban J connectivity index is 2.07. The molecule has 0 radical (unpaired) electrons. The minimum Gasteiger partial charge on any atom is -0.463 e. The number of nitrogen functional groups attached to an aromatic ring is 1. The Hall–Kier alpha value is -2.70. The summed E-state index contributed by atoms with van der Waals surface area (Å²) in [5.41, 5.74) is 7.47. The molecule has 2 N–H and O–H groups in total. The number of ether oxygens (including phenoxy) is 1. The van der Waals surface area contributed by atoms with Crippen LogP contribution >= 0.6 is 0 Å². The monoisotopic (exact) mass is 270 g/mol. The number of hydrogen-bond acceptors (Lipinski definition) is 6. The van der Waals surface area contributed by atoms with Crippen LogP contribution in [0, 0.1) is 0 Å². The van der Waals surface area contributed by atoms with Crippen molar-refractivity contribution in [2.24, 2.45) is 0 Å². The number of rotatable bonds is 4. The van der Waals surface area contributed by atoms with Crippen molar-refractivity contribution < 1.29 is 4.74 Å². The van der Waals surface area contributed by atoms with Crippen LogP contribution in [0.1, 0.15) is 13.3 Å². The molecule has 0 saturated heterocycles.